The zero-order valence-corrected chi connectivity index (χ0v) is 8.29. The molecule has 1 nitrogen and oxygen atoms in total. The minimum absolute atomic E-state index is 0.260. The van der Waals surface area contributed by atoms with Crippen LogP contribution in [0.3, 0.4) is 0 Å². The van der Waals surface area contributed by atoms with Crippen molar-refractivity contribution in [2.24, 2.45) is 11.3 Å². The van der Waals surface area contributed by atoms with Gasteiger partial charge in [-0.1, -0.05) is 30.7 Å². The number of allylic oxidation sites excluding steroid dienone is 2. The molecule has 1 heteroatoms. The maximum Gasteiger partial charge on any atom is 0.0528 e. The van der Waals surface area contributed by atoms with Gasteiger partial charge in [-0.15, -0.1) is 0 Å². The first-order valence-electron chi connectivity index (χ1n) is 5.23. The molecular weight excluding hydrogens is 160 g/mol. The van der Waals surface area contributed by atoms with Crippen LogP contribution in [0.15, 0.2) is 23.8 Å². The summed E-state index contributed by atoms with van der Waals surface area (Å²) in [6, 6.07) is 0. The van der Waals surface area contributed by atoms with Crippen LogP contribution in [0.1, 0.15) is 32.6 Å². The van der Waals surface area contributed by atoms with E-state index in [0.29, 0.717) is 5.41 Å². The maximum absolute atomic E-state index is 9.12. The van der Waals surface area contributed by atoms with Gasteiger partial charge in [0.05, 0.1) is 6.61 Å². The van der Waals surface area contributed by atoms with Crippen LogP contribution in [-0.4, -0.2) is 11.7 Å². The van der Waals surface area contributed by atoms with Crippen LogP contribution in [0, 0.1) is 11.3 Å². The average molecular weight is 178 g/mol. The van der Waals surface area contributed by atoms with Crippen LogP contribution < -0.4 is 0 Å². The van der Waals surface area contributed by atoms with Crippen molar-refractivity contribution in [3.05, 3.63) is 23.8 Å². The first-order valence-corrected chi connectivity index (χ1v) is 5.23. The van der Waals surface area contributed by atoms with E-state index in [0.717, 1.165) is 6.42 Å². The highest BCUT2D eigenvalue weighted by Crippen LogP contribution is 2.47. The fourth-order valence-electron chi connectivity index (χ4n) is 2.58. The van der Waals surface area contributed by atoms with Crippen LogP contribution in [0.5, 0.6) is 0 Å². The second-order valence-corrected chi connectivity index (χ2v) is 4.58. The van der Waals surface area contributed by atoms with Crippen molar-refractivity contribution in [1.29, 1.82) is 0 Å². The quantitative estimate of drug-likeness (QED) is 0.612. The molecule has 2 aliphatic carbocycles. The van der Waals surface area contributed by atoms with Crippen LogP contribution in [0.2, 0.25) is 0 Å². The summed E-state index contributed by atoms with van der Waals surface area (Å²) in [5.74, 6) is 0.273. The van der Waals surface area contributed by atoms with E-state index in [9.17, 15) is 0 Å². The smallest absolute Gasteiger partial charge is 0.0528 e. The number of rotatable bonds is 1. The lowest BCUT2D eigenvalue weighted by molar-refractivity contribution is 0.273. The van der Waals surface area contributed by atoms with E-state index in [4.69, 9.17) is 5.11 Å². The summed E-state index contributed by atoms with van der Waals surface area (Å²) in [6.07, 6.45) is 11.7. The summed E-state index contributed by atoms with van der Waals surface area (Å²) >= 11 is 0. The summed E-state index contributed by atoms with van der Waals surface area (Å²) in [5.41, 5.74) is 2.00. The van der Waals surface area contributed by atoms with Crippen molar-refractivity contribution in [1.82, 2.24) is 0 Å². The Morgan fingerprint density at radius 1 is 1.62 bits per heavy atom. The Balaban J connectivity index is 2.27. The molecule has 2 rings (SSSR count). The molecule has 0 saturated heterocycles. The van der Waals surface area contributed by atoms with E-state index in [1.54, 1.807) is 5.57 Å². The maximum atomic E-state index is 9.12. The Kier molecular flexibility index (Phi) is 2.29. The summed E-state index contributed by atoms with van der Waals surface area (Å²) in [5, 5.41) is 9.12. The highest BCUT2D eigenvalue weighted by molar-refractivity contribution is 5.24. The van der Waals surface area contributed by atoms with E-state index in [-0.39, 0.29) is 12.5 Å². The van der Waals surface area contributed by atoms with Gasteiger partial charge in [-0.2, -0.15) is 0 Å². The summed E-state index contributed by atoms with van der Waals surface area (Å²) < 4.78 is 0. The van der Waals surface area contributed by atoms with Crippen molar-refractivity contribution >= 4 is 0 Å². The summed E-state index contributed by atoms with van der Waals surface area (Å²) in [4.78, 5) is 0. The molecule has 0 aromatic heterocycles. The molecule has 0 amide bonds. The lowest BCUT2D eigenvalue weighted by atomic mass is 9.81. The molecule has 0 aliphatic heterocycles. The van der Waals surface area contributed by atoms with Gasteiger partial charge in [0.25, 0.3) is 0 Å². The van der Waals surface area contributed by atoms with Gasteiger partial charge in [-0.3, -0.25) is 0 Å². The zero-order valence-electron chi connectivity index (χ0n) is 8.29. The summed E-state index contributed by atoms with van der Waals surface area (Å²) in [7, 11) is 0. The largest absolute Gasteiger partial charge is 0.395 e. The molecule has 0 radical (unpaired) electrons. The van der Waals surface area contributed by atoms with E-state index in [1.165, 1.54) is 19.3 Å². The molecule has 1 saturated carbocycles. The van der Waals surface area contributed by atoms with Crippen LogP contribution >= 0.6 is 0 Å². The predicted molar refractivity (Wildman–Crippen MR) is 54.4 cm³/mol. The third kappa shape index (κ3) is 1.58. The van der Waals surface area contributed by atoms with Gasteiger partial charge in [0, 0.05) is 5.92 Å². The standard InChI is InChI=1S/C12H18O/c1-12-6-2-4-10(9-13)8-11(12)5-3-7-12/h2,4,8,10,13H,3,5-7,9H2,1H3. The van der Waals surface area contributed by atoms with E-state index >= 15 is 0 Å². The highest BCUT2D eigenvalue weighted by atomic mass is 16.3. The zero-order chi connectivity index (χ0) is 9.31. The number of fused-ring (bicyclic) bond motifs is 1. The molecule has 2 atom stereocenters. The topological polar surface area (TPSA) is 20.2 Å². The lowest BCUT2D eigenvalue weighted by Crippen LogP contribution is -2.12. The van der Waals surface area contributed by atoms with Crippen molar-refractivity contribution in [3.63, 3.8) is 0 Å². The van der Waals surface area contributed by atoms with Gasteiger partial charge in [0.15, 0.2) is 0 Å². The third-order valence-corrected chi connectivity index (χ3v) is 3.53. The van der Waals surface area contributed by atoms with Gasteiger partial charge in [0.2, 0.25) is 0 Å². The highest BCUT2D eigenvalue weighted by Gasteiger charge is 2.33. The molecule has 0 aromatic carbocycles. The molecule has 0 bridgehead atoms. The van der Waals surface area contributed by atoms with Gasteiger partial charge < -0.3 is 5.11 Å². The molecule has 72 valence electrons. The molecule has 1 fully saturated rings. The van der Waals surface area contributed by atoms with E-state index in [2.05, 4.69) is 25.2 Å². The SMILES string of the molecule is CC12CC=CC(CO)C=C1CCC2. The monoisotopic (exact) mass is 178 g/mol. The van der Waals surface area contributed by atoms with Crippen LogP contribution in [-0.2, 0) is 0 Å². The van der Waals surface area contributed by atoms with Crippen molar-refractivity contribution in [2.45, 2.75) is 32.6 Å². The first-order chi connectivity index (χ1) is 6.24. The van der Waals surface area contributed by atoms with Crippen molar-refractivity contribution < 1.29 is 5.11 Å². The molecule has 0 spiro atoms. The van der Waals surface area contributed by atoms with Gasteiger partial charge in [0.1, 0.15) is 0 Å². The Morgan fingerprint density at radius 3 is 3.23 bits per heavy atom. The summed E-state index contributed by atoms with van der Waals surface area (Å²) in [6.45, 7) is 2.62. The van der Waals surface area contributed by atoms with Crippen molar-refractivity contribution in [2.75, 3.05) is 6.61 Å². The number of hydrogen-bond acceptors (Lipinski definition) is 1. The van der Waals surface area contributed by atoms with Crippen molar-refractivity contribution in [3.8, 4) is 0 Å². The molecule has 2 aliphatic rings. The molecular formula is C12H18O. The Labute approximate surface area is 80.2 Å². The molecule has 1 N–H and O–H groups in total. The lowest BCUT2D eigenvalue weighted by Gasteiger charge is -2.23. The Bertz CT molecular complexity index is 252. The number of aliphatic hydroxyl groups excluding tert-OH is 1. The predicted octanol–water partition coefficient (Wildman–Crippen LogP) is 2.67. The number of aliphatic hydroxyl groups is 1. The number of hydrogen-bond donors (Lipinski definition) is 1. The second kappa shape index (κ2) is 3.30. The van der Waals surface area contributed by atoms with Gasteiger partial charge >= 0.3 is 0 Å². The Hall–Kier alpha value is -0.560. The van der Waals surface area contributed by atoms with E-state index < -0.39 is 0 Å². The molecule has 2 unspecified atom stereocenters. The van der Waals surface area contributed by atoms with Crippen LogP contribution in [0.25, 0.3) is 0 Å². The third-order valence-electron chi connectivity index (χ3n) is 3.53. The van der Waals surface area contributed by atoms with Crippen LogP contribution in [0.4, 0.5) is 0 Å². The second-order valence-electron chi connectivity index (χ2n) is 4.58. The minimum Gasteiger partial charge on any atom is -0.395 e. The van der Waals surface area contributed by atoms with Gasteiger partial charge in [-0.25, -0.2) is 0 Å². The van der Waals surface area contributed by atoms with E-state index in [1.807, 2.05) is 0 Å². The fourth-order valence-corrected chi connectivity index (χ4v) is 2.58. The first kappa shape index (κ1) is 9.01. The molecule has 0 aromatic rings. The van der Waals surface area contributed by atoms with Gasteiger partial charge in [-0.05, 0) is 31.1 Å². The molecule has 0 heterocycles. The molecule has 13 heavy (non-hydrogen) atoms. The minimum atomic E-state index is 0.260. The average Bonchev–Trinajstić information content (AvgIpc) is 2.39. The normalized spacial score (nSPS) is 38.3. The Morgan fingerprint density at radius 2 is 2.46 bits per heavy atom. The fraction of sp³-hybridized carbons (Fsp3) is 0.667.